The average molecular weight is 422 g/mol. The van der Waals surface area contributed by atoms with Crippen molar-refractivity contribution in [2.75, 3.05) is 49.6 Å². The predicted octanol–water partition coefficient (Wildman–Crippen LogP) is 4.50. The van der Waals surface area contributed by atoms with Crippen molar-refractivity contribution < 1.29 is 9.53 Å². The van der Waals surface area contributed by atoms with Crippen LogP contribution in [0.25, 0.3) is 0 Å². The van der Waals surface area contributed by atoms with E-state index in [1.54, 1.807) is 0 Å². The largest absolute Gasteiger partial charge is 0.378 e. The minimum atomic E-state index is -0.00479. The van der Waals surface area contributed by atoms with Crippen LogP contribution in [0.15, 0.2) is 48.5 Å². The maximum absolute atomic E-state index is 12.0. The summed E-state index contributed by atoms with van der Waals surface area (Å²) in [7, 11) is 0. The molecule has 0 atom stereocenters. The first-order valence-electron chi connectivity index (χ1n) is 11.6. The van der Waals surface area contributed by atoms with Crippen molar-refractivity contribution in [1.29, 1.82) is 0 Å². The lowest BCUT2D eigenvalue weighted by atomic mass is 9.89. The van der Waals surface area contributed by atoms with Gasteiger partial charge in [0.15, 0.2) is 0 Å². The molecule has 1 N–H and O–H groups in total. The van der Waals surface area contributed by atoms with Gasteiger partial charge in [0.1, 0.15) is 0 Å². The molecule has 4 rings (SSSR count). The Hall–Kier alpha value is -2.37. The number of rotatable bonds is 6. The lowest BCUT2D eigenvalue weighted by Crippen LogP contribution is -2.36. The first-order valence-corrected chi connectivity index (χ1v) is 11.6. The molecule has 1 amide bonds. The number of ether oxygens (including phenoxy) is 1. The van der Waals surface area contributed by atoms with Crippen molar-refractivity contribution in [3.8, 4) is 0 Å². The maximum Gasteiger partial charge on any atom is 0.226 e. The molecule has 2 aromatic carbocycles. The van der Waals surface area contributed by atoms with Crippen LogP contribution in [0.1, 0.15) is 43.7 Å². The van der Waals surface area contributed by atoms with Gasteiger partial charge in [-0.1, -0.05) is 38.1 Å². The average Bonchev–Trinajstić information content (AvgIpc) is 2.81. The van der Waals surface area contributed by atoms with Gasteiger partial charge in [0.05, 0.1) is 13.2 Å². The number of hydrogen-bond acceptors (Lipinski definition) is 4. The second-order valence-corrected chi connectivity index (χ2v) is 9.09. The molecule has 2 aliphatic heterocycles. The number of morpholine rings is 1. The van der Waals surface area contributed by atoms with Gasteiger partial charge in [-0.05, 0) is 67.2 Å². The Kier molecular flexibility index (Phi) is 7.25. The van der Waals surface area contributed by atoms with Crippen molar-refractivity contribution in [3.05, 3.63) is 59.7 Å². The first kappa shape index (κ1) is 21.8. The molecule has 2 aliphatic rings. The van der Waals surface area contributed by atoms with E-state index in [0.717, 1.165) is 64.5 Å². The number of likely N-dealkylation sites (tertiary alicyclic amines) is 1. The molecule has 0 saturated carbocycles. The van der Waals surface area contributed by atoms with E-state index in [-0.39, 0.29) is 11.8 Å². The number of carbonyl (C=O) groups excluding carboxylic acids is 1. The molecule has 2 aromatic rings. The number of hydrogen-bond donors (Lipinski definition) is 1. The molecule has 0 aromatic heterocycles. The third-order valence-corrected chi connectivity index (χ3v) is 6.46. The summed E-state index contributed by atoms with van der Waals surface area (Å²) in [5, 5.41) is 3.03. The van der Waals surface area contributed by atoms with Crippen LogP contribution >= 0.6 is 0 Å². The summed E-state index contributed by atoms with van der Waals surface area (Å²) in [5.41, 5.74) is 4.94. The normalized spacial score (nSPS) is 18.4. The lowest BCUT2D eigenvalue weighted by Gasteiger charge is -2.32. The summed E-state index contributed by atoms with van der Waals surface area (Å²) in [4.78, 5) is 17.0. The molecular formula is C26H35N3O2. The molecule has 0 aliphatic carbocycles. The smallest absolute Gasteiger partial charge is 0.226 e. The van der Waals surface area contributed by atoms with Crippen LogP contribution < -0.4 is 10.2 Å². The molecule has 166 valence electrons. The van der Waals surface area contributed by atoms with Gasteiger partial charge < -0.3 is 15.0 Å². The van der Waals surface area contributed by atoms with E-state index in [1.807, 2.05) is 19.9 Å². The van der Waals surface area contributed by atoms with Gasteiger partial charge in [-0.15, -0.1) is 0 Å². The van der Waals surface area contributed by atoms with E-state index in [9.17, 15) is 4.79 Å². The lowest BCUT2D eigenvalue weighted by molar-refractivity contribution is -0.118. The monoisotopic (exact) mass is 421 g/mol. The zero-order valence-electron chi connectivity index (χ0n) is 18.8. The van der Waals surface area contributed by atoms with Crippen LogP contribution in [-0.4, -0.2) is 50.2 Å². The van der Waals surface area contributed by atoms with Gasteiger partial charge in [0, 0.05) is 36.9 Å². The standard InChI is InChI=1S/C26H35N3O2/c1-20(2)26(30)27-24-5-3-4-23(18-24)22-10-12-28(13-11-22)19-21-6-8-25(9-7-21)29-14-16-31-17-15-29/h3-9,18,20,22H,10-17,19H2,1-2H3,(H,27,30). The molecule has 31 heavy (non-hydrogen) atoms. The highest BCUT2D eigenvalue weighted by atomic mass is 16.5. The Morgan fingerprint density at radius 1 is 1.03 bits per heavy atom. The maximum atomic E-state index is 12.0. The summed E-state index contributed by atoms with van der Waals surface area (Å²) in [6, 6.07) is 17.5. The molecule has 0 spiro atoms. The predicted molar refractivity (Wildman–Crippen MR) is 127 cm³/mol. The van der Waals surface area contributed by atoms with Crippen LogP contribution in [0, 0.1) is 5.92 Å². The number of piperidine rings is 1. The highest BCUT2D eigenvalue weighted by molar-refractivity contribution is 5.92. The minimum absolute atomic E-state index is 0.00479. The Labute approximate surface area is 186 Å². The fourth-order valence-corrected chi connectivity index (χ4v) is 4.47. The van der Waals surface area contributed by atoms with Gasteiger partial charge in [-0.3, -0.25) is 9.69 Å². The molecule has 5 nitrogen and oxygen atoms in total. The topological polar surface area (TPSA) is 44.8 Å². The van der Waals surface area contributed by atoms with Gasteiger partial charge in [0.25, 0.3) is 0 Å². The highest BCUT2D eigenvalue weighted by Gasteiger charge is 2.21. The van der Waals surface area contributed by atoms with Crippen LogP contribution in [0.3, 0.4) is 0 Å². The van der Waals surface area contributed by atoms with E-state index in [0.29, 0.717) is 5.92 Å². The molecule has 2 saturated heterocycles. The van der Waals surface area contributed by atoms with Crippen molar-refractivity contribution in [2.24, 2.45) is 5.92 Å². The van der Waals surface area contributed by atoms with Crippen LogP contribution in [0.5, 0.6) is 0 Å². The van der Waals surface area contributed by atoms with Crippen molar-refractivity contribution in [1.82, 2.24) is 4.90 Å². The number of benzene rings is 2. The summed E-state index contributed by atoms with van der Waals surface area (Å²) in [6.45, 7) is 10.7. The molecule has 2 fully saturated rings. The van der Waals surface area contributed by atoms with Gasteiger partial charge in [-0.25, -0.2) is 0 Å². The number of nitrogens with one attached hydrogen (secondary N) is 1. The van der Waals surface area contributed by atoms with Gasteiger partial charge in [0.2, 0.25) is 5.91 Å². The quantitative estimate of drug-likeness (QED) is 0.746. The minimum Gasteiger partial charge on any atom is -0.378 e. The Balaban J connectivity index is 1.28. The summed E-state index contributed by atoms with van der Waals surface area (Å²) in [6.07, 6.45) is 2.32. The summed E-state index contributed by atoms with van der Waals surface area (Å²) >= 11 is 0. The number of anilines is 2. The van der Waals surface area contributed by atoms with E-state index in [2.05, 4.69) is 57.6 Å². The van der Waals surface area contributed by atoms with E-state index >= 15 is 0 Å². The molecule has 0 bridgehead atoms. The van der Waals surface area contributed by atoms with E-state index < -0.39 is 0 Å². The van der Waals surface area contributed by atoms with Crippen LogP contribution in [0.2, 0.25) is 0 Å². The fraction of sp³-hybridized carbons (Fsp3) is 0.500. The summed E-state index contributed by atoms with van der Waals surface area (Å²) in [5.74, 6) is 0.636. The Bertz CT molecular complexity index is 851. The molecule has 5 heteroatoms. The van der Waals surface area contributed by atoms with Crippen molar-refractivity contribution in [2.45, 2.75) is 39.2 Å². The SMILES string of the molecule is CC(C)C(=O)Nc1cccc(C2CCN(Cc3ccc(N4CCOCC4)cc3)CC2)c1. The van der Waals surface area contributed by atoms with E-state index in [4.69, 9.17) is 4.74 Å². The highest BCUT2D eigenvalue weighted by Crippen LogP contribution is 2.30. The Morgan fingerprint density at radius 3 is 2.42 bits per heavy atom. The van der Waals surface area contributed by atoms with Crippen LogP contribution in [0.4, 0.5) is 11.4 Å². The first-order chi connectivity index (χ1) is 15.1. The molecule has 2 heterocycles. The molecule has 0 unspecified atom stereocenters. The summed E-state index contributed by atoms with van der Waals surface area (Å²) < 4.78 is 5.45. The Morgan fingerprint density at radius 2 is 1.74 bits per heavy atom. The number of carbonyl (C=O) groups is 1. The zero-order valence-corrected chi connectivity index (χ0v) is 18.8. The second-order valence-electron chi connectivity index (χ2n) is 9.09. The zero-order chi connectivity index (χ0) is 21.6. The van der Waals surface area contributed by atoms with Crippen molar-refractivity contribution in [3.63, 3.8) is 0 Å². The number of nitrogens with zero attached hydrogens (tertiary/aromatic N) is 2. The third-order valence-electron chi connectivity index (χ3n) is 6.46. The number of amides is 1. The molecule has 0 radical (unpaired) electrons. The van der Waals surface area contributed by atoms with Gasteiger partial charge in [-0.2, -0.15) is 0 Å². The molecular weight excluding hydrogens is 386 g/mol. The van der Waals surface area contributed by atoms with Crippen LogP contribution in [-0.2, 0) is 16.1 Å². The van der Waals surface area contributed by atoms with Gasteiger partial charge >= 0.3 is 0 Å². The third kappa shape index (κ3) is 5.86. The van der Waals surface area contributed by atoms with E-state index in [1.165, 1.54) is 16.8 Å². The van der Waals surface area contributed by atoms with Crippen molar-refractivity contribution >= 4 is 17.3 Å². The second kappa shape index (κ2) is 10.3. The fourth-order valence-electron chi connectivity index (χ4n) is 4.47.